The summed E-state index contributed by atoms with van der Waals surface area (Å²) in [6.07, 6.45) is 2.05. The van der Waals surface area contributed by atoms with Gasteiger partial charge < -0.3 is 5.11 Å². The molecule has 1 aromatic carbocycles. The number of benzene rings is 1. The lowest BCUT2D eigenvalue weighted by Crippen LogP contribution is -2.03. The fraction of sp³-hybridized carbons (Fsp3) is 0.250. The SMILES string of the molecule is O=C(O)c1nc(C2CC2)n(-c2cccc(Cl)c2)n1. The molecule has 0 bridgehead atoms. The molecule has 2 aromatic rings. The number of carbonyl (C=O) groups is 1. The average molecular weight is 264 g/mol. The molecule has 5 nitrogen and oxygen atoms in total. The largest absolute Gasteiger partial charge is 0.475 e. The van der Waals surface area contributed by atoms with Crippen LogP contribution in [0.1, 0.15) is 35.2 Å². The first-order valence-corrected chi connectivity index (χ1v) is 5.99. The number of hydrogen-bond donors (Lipinski definition) is 1. The van der Waals surface area contributed by atoms with Gasteiger partial charge in [-0.25, -0.2) is 14.5 Å². The zero-order valence-corrected chi connectivity index (χ0v) is 10.1. The second-order valence-corrected chi connectivity index (χ2v) is 4.70. The van der Waals surface area contributed by atoms with Gasteiger partial charge in [0.2, 0.25) is 0 Å². The monoisotopic (exact) mass is 263 g/mol. The number of carboxylic acid groups (broad SMARTS) is 1. The minimum Gasteiger partial charge on any atom is -0.475 e. The van der Waals surface area contributed by atoms with E-state index >= 15 is 0 Å². The Kier molecular flexibility index (Phi) is 2.56. The van der Waals surface area contributed by atoms with Gasteiger partial charge in [-0.1, -0.05) is 17.7 Å². The van der Waals surface area contributed by atoms with E-state index in [1.165, 1.54) is 0 Å². The highest BCUT2D eigenvalue weighted by Crippen LogP contribution is 2.39. The molecule has 1 aliphatic carbocycles. The van der Waals surface area contributed by atoms with Crippen molar-refractivity contribution in [2.24, 2.45) is 0 Å². The van der Waals surface area contributed by atoms with E-state index < -0.39 is 5.97 Å². The van der Waals surface area contributed by atoms with Gasteiger partial charge in [0.1, 0.15) is 5.82 Å². The van der Waals surface area contributed by atoms with E-state index in [1.807, 2.05) is 6.07 Å². The summed E-state index contributed by atoms with van der Waals surface area (Å²) in [5.41, 5.74) is 0.740. The smallest absolute Gasteiger partial charge is 0.375 e. The summed E-state index contributed by atoms with van der Waals surface area (Å²) in [5.74, 6) is -0.270. The standard InChI is InChI=1S/C12H10ClN3O2/c13-8-2-1-3-9(6-8)16-11(7-4-5-7)14-10(15-16)12(17)18/h1-3,6-7H,4-5H2,(H,17,18). The van der Waals surface area contributed by atoms with Crippen LogP contribution < -0.4 is 0 Å². The van der Waals surface area contributed by atoms with Gasteiger partial charge in [-0.3, -0.25) is 0 Å². The van der Waals surface area contributed by atoms with E-state index in [9.17, 15) is 4.79 Å². The lowest BCUT2D eigenvalue weighted by Gasteiger charge is -2.04. The van der Waals surface area contributed by atoms with Crippen molar-refractivity contribution in [1.82, 2.24) is 14.8 Å². The van der Waals surface area contributed by atoms with Crippen molar-refractivity contribution in [3.8, 4) is 5.69 Å². The number of nitrogens with zero attached hydrogens (tertiary/aromatic N) is 3. The van der Waals surface area contributed by atoms with Crippen LogP contribution in [0.4, 0.5) is 0 Å². The lowest BCUT2D eigenvalue weighted by molar-refractivity contribution is 0.0683. The number of halogens is 1. The van der Waals surface area contributed by atoms with Crippen molar-refractivity contribution in [2.75, 3.05) is 0 Å². The molecule has 18 heavy (non-hydrogen) atoms. The molecule has 0 aliphatic heterocycles. The quantitative estimate of drug-likeness (QED) is 0.924. The van der Waals surface area contributed by atoms with Gasteiger partial charge in [0.25, 0.3) is 5.82 Å². The van der Waals surface area contributed by atoms with E-state index in [1.54, 1.807) is 22.9 Å². The molecule has 0 spiro atoms. The Morgan fingerprint density at radius 2 is 2.22 bits per heavy atom. The van der Waals surface area contributed by atoms with Crippen LogP contribution in [0.3, 0.4) is 0 Å². The van der Waals surface area contributed by atoms with Crippen LogP contribution in [0.2, 0.25) is 5.02 Å². The molecule has 6 heteroatoms. The number of rotatable bonds is 3. The Labute approximate surface area is 108 Å². The third-order valence-corrected chi connectivity index (χ3v) is 3.05. The molecule has 3 rings (SSSR count). The molecule has 0 atom stereocenters. The summed E-state index contributed by atoms with van der Waals surface area (Å²) in [7, 11) is 0. The van der Waals surface area contributed by atoms with E-state index in [-0.39, 0.29) is 5.82 Å². The Bertz CT molecular complexity index is 620. The first-order chi connectivity index (χ1) is 8.65. The molecule has 0 amide bonds. The molecule has 92 valence electrons. The molecule has 1 aliphatic rings. The Hall–Kier alpha value is -1.88. The van der Waals surface area contributed by atoms with Gasteiger partial charge in [-0.2, -0.15) is 0 Å². The summed E-state index contributed by atoms with van der Waals surface area (Å²) in [6.45, 7) is 0. The van der Waals surface area contributed by atoms with Crippen LogP contribution in [0.25, 0.3) is 5.69 Å². The molecule has 1 N–H and O–H groups in total. The van der Waals surface area contributed by atoms with Crippen molar-refractivity contribution in [3.05, 3.63) is 40.9 Å². The fourth-order valence-electron chi connectivity index (χ4n) is 1.82. The van der Waals surface area contributed by atoms with Crippen LogP contribution >= 0.6 is 11.6 Å². The fourth-order valence-corrected chi connectivity index (χ4v) is 2.00. The van der Waals surface area contributed by atoms with Gasteiger partial charge in [0.05, 0.1) is 5.69 Å². The van der Waals surface area contributed by atoms with Gasteiger partial charge in [-0.05, 0) is 31.0 Å². The zero-order chi connectivity index (χ0) is 12.7. The molecule has 0 saturated heterocycles. The summed E-state index contributed by atoms with van der Waals surface area (Å²) in [6, 6.07) is 7.14. The predicted molar refractivity (Wildman–Crippen MR) is 65.3 cm³/mol. The molecule has 0 radical (unpaired) electrons. The molecular weight excluding hydrogens is 254 g/mol. The van der Waals surface area contributed by atoms with E-state index in [0.717, 1.165) is 18.5 Å². The van der Waals surface area contributed by atoms with Crippen molar-refractivity contribution in [2.45, 2.75) is 18.8 Å². The van der Waals surface area contributed by atoms with Crippen molar-refractivity contribution in [1.29, 1.82) is 0 Å². The second kappa shape index (κ2) is 4.10. The predicted octanol–water partition coefficient (Wildman–Crippen LogP) is 2.50. The number of hydrogen-bond acceptors (Lipinski definition) is 3. The minimum absolute atomic E-state index is 0.170. The number of aromatic carboxylic acids is 1. The molecule has 1 saturated carbocycles. The third-order valence-electron chi connectivity index (χ3n) is 2.82. The van der Waals surface area contributed by atoms with Gasteiger partial charge >= 0.3 is 5.97 Å². The number of aromatic nitrogens is 3. The maximum atomic E-state index is 10.9. The summed E-state index contributed by atoms with van der Waals surface area (Å²) >= 11 is 5.93. The number of carboxylic acids is 1. The molecular formula is C12H10ClN3O2. The van der Waals surface area contributed by atoms with Crippen LogP contribution in [-0.4, -0.2) is 25.8 Å². The van der Waals surface area contributed by atoms with Crippen molar-refractivity contribution >= 4 is 17.6 Å². The van der Waals surface area contributed by atoms with Gasteiger partial charge in [0, 0.05) is 10.9 Å². The first kappa shape index (κ1) is 11.2. The van der Waals surface area contributed by atoms with Crippen LogP contribution in [-0.2, 0) is 0 Å². The van der Waals surface area contributed by atoms with Crippen LogP contribution in [0.15, 0.2) is 24.3 Å². The normalized spacial score (nSPS) is 14.7. The van der Waals surface area contributed by atoms with Gasteiger partial charge in [-0.15, -0.1) is 5.10 Å². The maximum absolute atomic E-state index is 10.9. The Morgan fingerprint density at radius 3 is 2.83 bits per heavy atom. The highest BCUT2D eigenvalue weighted by Gasteiger charge is 2.31. The zero-order valence-electron chi connectivity index (χ0n) is 9.38. The minimum atomic E-state index is -1.11. The average Bonchev–Trinajstić information content (AvgIpc) is 3.07. The summed E-state index contributed by atoms with van der Waals surface area (Å²) in [5, 5.41) is 13.6. The van der Waals surface area contributed by atoms with E-state index in [4.69, 9.17) is 16.7 Å². The molecule has 1 aromatic heterocycles. The third kappa shape index (κ3) is 1.97. The highest BCUT2D eigenvalue weighted by atomic mass is 35.5. The van der Waals surface area contributed by atoms with Crippen molar-refractivity contribution in [3.63, 3.8) is 0 Å². The van der Waals surface area contributed by atoms with E-state index in [0.29, 0.717) is 16.8 Å². The Morgan fingerprint density at radius 1 is 1.44 bits per heavy atom. The summed E-state index contributed by atoms with van der Waals surface area (Å²) in [4.78, 5) is 15.0. The molecule has 0 unspecified atom stereocenters. The topological polar surface area (TPSA) is 68.0 Å². The van der Waals surface area contributed by atoms with Crippen molar-refractivity contribution < 1.29 is 9.90 Å². The lowest BCUT2D eigenvalue weighted by atomic mass is 10.3. The van der Waals surface area contributed by atoms with E-state index in [2.05, 4.69) is 10.1 Å². The second-order valence-electron chi connectivity index (χ2n) is 4.26. The van der Waals surface area contributed by atoms with Gasteiger partial charge in [0.15, 0.2) is 0 Å². The maximum Gasteiger partial charge on any atom is 0.375 e. The molecule has 1 fully saturated rings. The van der Waals surface area contributed by atoms with Crippen LogP contribution in [0, 0.1) is 0 Å². The summed E-state index contributed by atoms with van der Waals surface area (Å²) < 4.78 is 1.58. The van der Waals surface area contributed by atoms with Crippen LogP contribution in [0.5, 0.6) is 0 Å². The highest BCUT2D eigenvalue weighted by molar-refractivity contribution is 6.30. The molecule has 1 heterocycles. The Balaban J connectivity index is 2.12. The first-order valence-electron chi connectivity index (χ1n) is 5.61.